The molecule has 0 spiro atoms. The Balaban J connectivity index is 1.97. The van der Waals surface area contributed by atoms with Crippen molar-refractivity contribution in [2.45, 2.75) is 67.2 Å². The Hall–Kier alpha value is -2.50. The van der Waals surface area contributed by atoms with Crippen molar-refractivity contribution in [3.63, 3.8) is 0 Å². The van der Waals surface area contributed by atoms with Crippen molar-refractivity contribution in [2.75, 3.05) is 7.05 Å². The van der Waals surface area contributed by atoms with Crippen LogP contribution >= 0.6 is 0 Å². The van der Waals surface area contributed by atoms with Crippen molar-refractivity contribution in [3.8, 4) is 5.75 Å². The van der Waals surface area contributed by atoms with Crippen LogP contribution in [-0.2, 0) is 13.1 Å². The molecule has 2 aromatic rings. The molecule has 0 aliphatic carbocycles. The largest absolute Gasteiger partial charge is 0.490 e. The summed E-state index contributed by atoms with van der Waals surface area (Å²) in [4.78, 5) is 8.66. The lowest BCUT2D eigenvalue weighted by Crippen LogP contribution is -2.36. The van der Waals surface area contributed by atoms with E-state index in [2.05, 4.69) is 66.5 Å². The maximum absolute atomic E-state index is 6.22. The van der Waals surface area contributed by atoms with Crippen molar-refractivity contribution >= 4 is 5.96 Å². The third-order valence-corrected chi connectivity index (χ3v) is 4.50. The number of aryl methyl sites for hydroxylation is 3. The van der Waals surface area contributed by atoms with E-state index in [1.54, 1.807) is 7.05 Å². The van der Waals surface area contributed by atoms with E-state index in [0.717, 1.165) is 29.2 Å². The summed E-state index contributed by atoms with van der Waals surface area (Å²) in [6, 6.07) is 6.31. The highest BCUT2D eigenvalue weighted by molar-refractivity contribution is 5.79. The summed E-state index contributed by atoms with van der Waals surface area (Å²) in [6.45, 7) is 13.6. The molecule has 154 valence electrons. The molecule has 2 N–H and O–H groups in total. The van der Waals surface area contributed by atoms with Gasteiger partial charge in [-0.2, -0.15) is 0 Å². The lowest BCUT2D eigenvalue weighted by molar-refractivity contribution is 0.191. The van der Waals surface area contributed by atoms with Crippen molar-refractivity contribution in [2.24, 2.45) is 10.9 Å². The van der Waals surface area contributed by atoms with Gasteiger partial charge in [-0.05, 0) is 51.7 Å². The Morgan fingerprint density at radius 2 is 1.86 bits per heavy atom. The van der Waals surface area contributed by atoms with E-state index in [9.17, 15) is 0 Å². The van der Waals surface area contributed by atoms with E-state index in [4.69, 9.17) is 9.15 Å². The Bertz CT molecular complexity index is 776. The normalized spacial score (nSPS) is 12.9. The van der Waals surface area contributed by atoms with Gasteiger partial charge in [0, 0.05) is 19.2 Å². The van der Waals surface area contributed by atoms with Gasteiger partial charge in [-0.1, -0.05) is 26.0 Å². The number of aliphatic imine (C=N–C) groups is 1. The van der Waals surface area contributed by atoms with Crippen molar-refractivity contribution in [1.82, 2.24) is 15.6 Å². The monoisotopic (exact) mass is 386 g/mol. The first-order valence-electron chi connectivity index (χ1n) is 9.92. The fourth-order valence-corrected chi connectivity index (χ4v) is 3.02. The SMILES string of the molecule is CN=C(NCc1nc(C)c(C)o1)NCc1ccc(C)cc1OC(C)CC(C)C. The minimum absolute atomic E-state index is 0.175. The molecule has 1 heterocycles. The summed E-state index contributed by atoms with van der Waals surface area (Å²) in [5.74, 6) is 3.72. The summed E-state index contributed by atoms with van der Waals surface area (Å²) in [5, 5.41) is 6.58. The molecule has 0 aliphatic heterocycles. The number of hydrogen-bond acceptors (Lipinski definition) is 4. The zero-order valence-electron chi connectivity index (χ0n) is 18.2. The van der Waals surface area contributed by atoms with E-state index in [1.807, 2.05) is 13.8 Å². The maximum atomic E-state index is 6.22. The fraction of sp³-hybridized carbons (Fsp3) is 0.545. The van der Waals surface area contributed by atoms with E-state index in [0.29, 0.717) is 30.9 Å². The summed E-state index contributed by atoms with van der Waals surface area (Å²) in [6.07, 6.45) is 1.20. The van der Waals surface area contributed by atoms with Gasteiger partial charge in [-0.3, -0.25) is 4.99 Å². The molecule has 28 heavy (non-hydrogen) atoms. The van der Waals surface area contributed by atoms with Crippen LogP contribution in [0.3, 0.4) is 0 Å². The summed E-state index contributed by atoms with van der Waals surface area (Å²) in [5.41, 5.74) is 3.20. The molecule has 1 atom stereocenters. The first kappa shape index (κ1) is 21.8. The number of nitrogens with one attached hydrogen (secondary N) is 2. The van der Waals surface area contributed by atoms with E-state index in [1.165, 1.54) is 5.56 Å². The van der Waals surface area contributed by atoms with Gasteiger partial charge in [0.2, 0.25) is 5.89 Å². The van der Waals surface area contributed by atoms with Gasteiger partial charge in [-0.25, -0.2) is 4.98 Å². The van der Waals surface area contributed by atoms with Crippen molar-refractivity contribution < 1.29 is 9.15 Å². The van der Waals surface area contributed by atoms with Crippen molar-refractivity contribution in [1.29, 1.82) is 0 Å². The average Bonchev–Trinajstić information content (AvgIpc) is 2.93. The van der Waals surface area contributed by atoms with Crippen LogP contribution in [0.1, 0.15) is 55.7 Å². The van der Waals surface area contributed by atoms with Gasteiger partial charge in [0.05, 0.1) is 18.3 Å². The lowest BCUT2D eigenvalue weighted by atomic mass is 10.1. The fourth-order valence-electron chi connectivity index (χ4n) is 3.02. The second kappa shape index (κ2) is 10.2. The highest BCUT2D eigenvalue weighted by Crippen LogP contribution is 2.23. The van der Waals surface area contributed by atoms with E-state index in [-0.39, 0.29) is 6.10 Å². The number of ether oxygens (including phenoxy) is 1. The predicted molar refractivity (Wildman–Crippen MR) is 114 cm³/mol. The van der Waals surface area contributed by atoms with Crippen LogP contribution in [0.25, 0.3) is 0 Å². The molecule has 0 amide bonds. The van der Waals surface area contributed by atoms with Gasteiger partial charge in [0.15, 0.2) is 5.96 Å². The summed E-state index contributed by atoms with van der Waals surface area (Å²) in [7, 11) is 1.75. The minimum atomic E-state index is 0.175. The number of rotatable bonds is 8. The van der Waals surface area contributed by atoms with Crippen LogP contribution in [-0.4, -0.2) is 24.1 Å². The second-order valence-electron chi connectivity index (χ2n) is 7.70. The molecular formula is C22H34N4O2. The van der Waals surface area contributed by atoms with Gasteiger partial charge in [0.25, 0.3) is 0 Å². The standard InChI is InChI=1S/C22H34N4O2/c1-14(2)10-16(4)27-20-11-15(3)8-9-19(20)12-24-22(23-7)25-13-21-26-17(5)18(6)28-21/h8-9,11,14,16H,10,12-13H2,1-7H3,(H2,23,24,25). The zero-order valence-corrected chi connectivity index (χ0v) is 18.2. The molecule has 0 saturated carbocycles. The quantitative estimate of drug-likeness (QED) is 0.523. The van der Waals surface area contributed by atoms with E-state index >= 15 is 0 Å². The van der Waals surface area contributed by atoms with Crippen LogP contribution in [0.5, 0.6) is 5.75 Å². The topological polar surface area (TPSA) is 71.7 Å². The van der Waals surface area contributed by atoms with Crippen LogP contribution < -0.4 is 15.4 Å². The smallest absolute Gasteiger partial charge is 0.214 e. The molecule has 0 aliphatic rings. The molecule has 0 radical (unpaired) electrons. The first-order valence-corrected chi connectivity index (χ1v) is 9.92. The summed E-state index contributed by atoms with van der Waals surface area (Å²) >= 11 is 0. The number of nitrogens with zero attached hydrogens (tertiary/aromatic N) is 2. The Labute approximate surface area is 168 Å². The third-order valence-electron chi connectivity index (χ3n) is 4.50. The molecule has 1 aromatic carbocycles. The molecule has 6 heteroatoms. The van der Waals surface area contributed by atoms with Crippen molar-refractivity contribution in [3.05, 3.63) is 46.7 Å². The lowest BCUT2D eigenvalue weighted by Gasteiger charge is -2.20. The third kappa shape index (κ3) is 6.59. The van der Waals surface area contributed by atoms with Crippen LogP contribution in [0.15, 0.2) is 27.6 Å². The maximum Gasteiger partial charge on any atom is 0.214 e. The number of benzene rings is 1. The minimum Gasteiger partial charge on any atom is -0.490 e. The summed E-state index contributed by atoms with van der Waals surface area (Å²) < 4.78 is 11.8. The average molecular weight is 387 g/mol. The van der Waals surface area contributed by atoms with Crippen LogP contribution in [0.2, 0.25) is 0 Å². The molecule has 1 unspecified atom stereocenters. The Morgan fingerprint density at radius 3 is 2.46 bits per heavy atom. The molecular weight excluding hydrogens is 352 g/mol. The zero-order chi connectivity index (χ0) is 20.7. The highest BCUT2D eigenvalue weighted by atomic mass is 16.5. The predicted octanol–water partition coefficient (Wildman–Crippen LogP) is 4.28. The first-order chi connectivity index (χ1) is 13.3. The van der Waals surface area contributed by atoms with Crippen LogP contribution in [0.4, 0.5) is 0 Å². The molecule has 6 nitrogen and oxygen atoms in total. The Morgan fingerprint density at radius 1 is 1.14 bits per heavy atom. The van der Waals surface area contributed by atoms with Gasteiger partial charge >= 0.3 is 0 Å². The van der Waals surface area contributed by atoms with Gasteiger partial charge in [-0.15, -0.1) is 0 Å². The number of oxazole rings is 1. The number of guanidine groups is 1. The van der Waals surface area contributed by atoms with Gasteiger partial charge < -0.3 is 19.8 Å². The van der Waals surface area contributed by atoms with Gasteiger partial charge in [0.1, 0.15) is 11.5 Å². The van der Waals surface area contributed by atoms with Crippen LogP contribution in [0, 0.1) is 26.7 Å². The molecule has 0 fully saturated rings. The number of hydrogen-bond donors (Lipinski definition) is 2. The molecule has 0 bridgehead atoms. The Kier molecular flexibility index (Phi) is 7.91. The molecule has 0 saturated heterocycles. The molecule has 2 rings (SSSR count). The second-order valence-corrected chi connectivity index (χ2v) is 7.70. The van der Waals surface area contributed by atoms with E-state index < -0.39 is 0 Å². The highest BCUT2D eigenvalue weighted by Gasteiger charge is 2.12. The molecule has 1 aromatic heterocycles. The number of aromatic nitrogens is 1.